The van der Waals surface area contributed by atoms with Crippen LogP contribution in [0.2, 0.25) is 0 Å². The molecule has 4 rings (SSSR count). The van der Waals surface area contributed by atoms with Crippen LogP contribution in [0.3, 0.4) is 0 Å². The summed E-state index contributed by atoms with van der Waals surface area (Å²) >= 11 is 3.33. The maximum atomic E-state index is 12.6. The molecular weight excluding hydrogens is 442 g/mol. The number of hydrogen-bond donors (Lipinski definition) is 1. The number of aromatic nitrogens is 1. The molecule has 0 spiro atoms. The zero-order valence-electron chi connectivity index (χ0n) is 18.1. The number of carbonyl (C=O) groups excluding carboxylic acids is 2. The molecule has 6 nitrogen and oxygen atoms in total. The molecule has 1 aromatic carbocycles. The maximum Gasteiger partial charge on any atom is 0.226 e. The lowest BCUT2D eigenvalue weighted by atomic mass is 9.95. The number of hydrogen-bond acceptors (Lipinski definition) is 6. The highest BCUT2D eigenvalue weighted by Gasteiger charge is 2.27. The van der Waals surface area contributed by atoms with Crippen LogP contribution in [0.5, 0.6) is 5.75 Å². The average Bonchev–Trinajstić information content (AvgIpc) is 3.51. The first-order valence-electron chi connectivity index (χ1n) is 10.8. The second kappa shape index (κ2) is 10.7. The van der Waals surface area contributed by atoms with Gasteiger partial charge in [0.2, 0.25) is 11.8 Å². The van der Waals surface area contributed by atoms with E-state index in [0.717, 1.165) is 28.4 Å². The van der Waals surface area contributed by atoms with Crippen molar-refractivity contribution in [3.05, 3.63) is 58.4 Å². The molecule has 0 atom stereocenters. The number of benzene rings is 1. The molecule has 0 saturated carbocycles. The van der Waals surface area contributed by atoms with Gasteiger partial charge in [-0.3, -0.25) is 9.59 Å². The van der Waals surface area contributed by atoms with E-state index in [2.05, 4.69) is 21.7 Å². The Hall–Kier alpha value is -2.71. The molecule has 3 aromatic rings. The molecule has 1 fully saturated rings. The molecule has 0 aliphatic carbocycles. The van der Waals surface area contributed by atoms with Crippen molar-refractivity contribution < 1.29 is 14.3 Å². The monoisotopic (exact) mass is 469 g/mol. The standard InChI is InChI=1S/C24H27N3O3S2/c1-30-20-5-2-4-17(14-20)15-22(28)27-11-8-18(9-12-27)23(29)25-10-7-19-16-32-24(26-19)21-6-3-13-31-21/h2-6,13-14,16,18H,7-12,15H2,1H3,(H,25,29). The quantitative estimate of drug-likeness (QED) is 0.541. The molecule has 168 valence electrons. The summed E-state index contributed by atoms with van der Waals surface area (Å²) in [5.74, 6) is 0.903. The van der Waals surface area contributed by atoms with Crippen LogP contribution in [0.15, 0.2) is 47.2 Å². The van der Waals surface area contributed by atoms with Crippen LogP contribution < -0.4 is 10.1 Å². The van der Waals surface area contributed by atoms with Gasteiger partial charge in [-0.1, -0.05) is 18.2 Å². The van der Waals surface area contributed by atoms with E-state index < -0.39 is 0 Å². The van der Waals surface area contributed by atoms with E-state index in [4.69, 9.17) is 4.74 Å². The Bertz CT molecular complexity index is 1040. The summed E-state index contributed by atoms with van der Waals surface area (Å²) in [6.07, 6.45) is 2.49. The van der Waals surface area contributed by atoms with E-state index in [1.165, 1.54) is 4.88 Å². The number of ether oxygens (including phenoxy) is 1. The van der Waals surface area contributed by atoms with Crippen LogP contribution in [-0.4, -0.2) is 48.4 Å². The van der Waals surface area contributed by atoms with Crippen LogP contribution in [0.25, 0.3) is 9.88 Å². The Morgan fingerprint density at radius 1 is 1.19 bits per heavy atom. The fraction of sp³-hybridized carbons (Fsp3) is 0.375. The lowest BCUT2D eigenvalue weighted by Gasteiger charge is -2.31. The minimum atomic E-state index is -0.0343. The molecule has 2 aromatic heterocycles. The Kier molecular flexibility index (Phi) is 7.55. The molecule has 3 heterocycles. The molecule has 32 heavy (non-hydrogen) atoms. The lowest BCUT2D eigenvalue weighted by Crippen LogP contribution is -2.43. The van der Waals surface area contributed by atoms with Gasteiger partial charge in [-0.15, -0.1) is 22.7 Å². The molecular formula is C24H27N3O3S2. The predicted molar refractivity (Wildman–Crippen MR) is 128 cm³/mol. The van der Waals surface area contributed by atoms with Crippen molar-refractivity contribution in [2.75, 3.05) is 26.7 Å². The van der Waals surface area contributed by atoms with E-state index in [-0.39, 0.29) is 17.7 Å². The van der Waals surface area contributed by atoms with Crippen molar-refractivity contribution in [1.82, 2.24) is 15.2 Å². The Morgan fingerprint density at radius 2 is 2.03 bits per heavy atom. The number of amides is 2. The van der Waals surface area contributed by atoms with Gasteiger partial charge < -0.3 is 15.0 Å². The first-order chi connectivity index (χ1) is 15.6. The molecule has 1 aliphatic heterocycles. The minimum absolute atomic E-state index is 0.0343. The van der Waals surface area contributed by atoms with E-state index in [9.17, 15) is 9.59 Å². The number of thiophene rings is 1. The second-order valence-corrected chi connectivity index (χ2v) is 9.65. The van der Waals surface area contributed by atoms with Crippen LogP contribution >= 0.6 is 22.7 Å². The summed E-state index contributed by atoms with van der Waals surface area (Å²) in [5, 5.41) is 8.20. The summed E-state index contributed by atoms with van der Waals surface area (Å²) < 4.78 is 5.23. The SMILES string of the molecule is COc1cccc(CC(=O)N2CCC(C(=O)NCCc3csc(-c4cccs4)n3)CC2)c1. The smallest absolute Gasteiger partial charge is 0.226 e. The van der Waals surface area contributed by atoms with Crippen LogP contribution in [0, 0.1) is 5.92 Å². The number of piperidine rings is 1. The van der Waals surface area contributed by atoms with Gasteiger partial charge in [0.15, 0.2) is 0 Å². The summed E-state index contributed by atoms with van der Waals surface area (Å²) in [7, 11) is 1.62. The fourth-order valence-corrected chi connectivity index (χ4v) is 5.52. The largest absolute Gasteiger partial charge is 0.497 e. The van der Waals surface area contributed by atoms with Crippen molar-refractivity contribution in [1.29, 1.82) is 0 Å². The second-order valence-electron chi connectivity index (χ2n) is 7.85. The van der Waals surface area contributed by atoms with E-state index in [0.29, 0.717) is 38.9 Å². The third-order valence-electron chi connectivity index (χ3n) is 5.67. The lowest BCUT2D eigenvalue weighted by molar-refractivity contribution is -0.135. The van der Waals surface area contributed by atoms with Crippen molar-refractivity contribution in [2.24, 2.45) is 5.92 Å². The molecule has 1 saturated heterocycles. The van der Waals surface area contributed by atoms with E-state index in [1.54, 1.807) is 29.8 Å². The fourth-order valence-electron chi connectivity index (χ4n) is 3.85. The highest BCUT2D eigenvalue weighted by molar-refractivity contribution is 7.20. The van der Waals surface area contributed by atoms with Crippen molar-refractivity contribution in [3.8, 4) is 15.6 Å². The Balaban J connectivity index is 1.18. The number of thiazole rings is 1. The summed E-state index contributed by atoms with van der Waals surface area (Å²) in [4.78, 5) is 32.9. The van der Waals surface area contributed by atoms with Crippen LogP contribution in [0.1, 0.15) is 24.1 Å². The minimum Gasteiger partial charge on any atom is -0.497 e. The van der Waals surface area contributed by atoms with E-state index in [1.807, 2.05) is 40.6 Å². The summed E-state index contributed by atoms with van der Waals surface area (Å²) in [5.41, 5.74) is 1.95. The molecule has 2 amide bonds. The third-order valence-corrected chi connectivity index (χ3v) is 7.60. The average molecular weight is 470 g/mol. The molecule has 0 unspecified atom stereocenters. The van der Waals surface area contributed by atoms with Gasteiger partial charge in [0.1, 0.15) is 10.8 Å². The zero-order chi connectivity index (χ0) is 22.3. The van der Waals surface area contributed by atoms with Gasteiger partial charge >= 0.3 is 0 Å². The van der Waals surface area contributed by atoms with E-state index >= 15 is 0 Å². The number of rotatable bonds is 8. The van der Waals surface area contributed by atoms with Crippen molar-refractivity contribution >= 4 is 34.5 Å². The molecule has 8 heteroatoms. The Labute approximate surface area is 196 Å². The van der Waals surface area contributed by atoms with Crippen molar-refractivity contribution in [3.63, 3.8) is 0 Å². The van der Waals surface area contributed by atoms with Gasteiger partial charge in [-0.2, -0.15) is 0 Å². The number of nitrogens with one attached hydrogen (secondary N) is 1. The number of carbonyl (C=O) groups is 2. The number of likely N-dealkylation sites (tertiary alicyclic amines) is 1. The van der Waals surface area contributed by atoms with Crippen molar-refractivity contribution in [2.45, 2.75) is 25.7 Å². The molecule has 1 N–H and O–H groups in total. The van der Waals surface area contributed by atoms with Gasteiger partial charge in [-0.05, 0) is 42.0 Å². The normalized spacial score (nSPS) is 14.3. The predicted octanol–water partition coefficient (Wildman–Crippen LogP) is 4.02. The van der Waals surface area contributed by atoms with Crippen LogP contribution in [0.4, 0.5) is 0 Å². The zero-order valence-corrected chi connectivity index (χ0v) is 19.7. The highest BCUT2D eigenvalue weighted by Crippen LogP contribution is 2.28. The van der Waals surface area contributed by atoms with Gasteiger partial charge in [-0.25, -0.2) is 4.98 Å². The van der Waals surface area contributed by atoms with Crippen LogP contribution in [-0.2, 0) is 22.4 Å². The highest BCUT2D eigenvalue weighted by atomic mass is 32.1. The first-order valence-corrected chi connectivity index (χ1v) is 12.5. The maximum absolute atomic E-state index is 12.6. The van der Waals surface area contributed by atoms with Gasteiger partial charge in [0.25, 0.3) is 0 Å². The third kappa shape index (κ3) is 5.75. The molecule has 1 aliphatic rings. The topological polar surface area (TPSA) is 71.5 Å². The Morgan fingerprint density at radius 3 is 2.78 bits per heavy atom. The summed E-state index contributed by atoms with van der Waals surface area (Å²) in [6.45, 7) is 1.83. The first kappa shape index (κ1) is 22.5. The summed E-state index contributed by atoms with van der Waals surface area (Å²) in [6, 6.07) is 11.7. The number of methoxy groups -OCH3 is 1. The number of nitrogens with zero attached hydrogens (tertiary/aromatic N) is 2. The van der Waals surface area contributed by atoms with Gasteiger partial charge in [0.05, 0.1) is 24.1 Å². The molecule has 0 radical (unpaired) electrons. The van der Waals surface area contributed by atoms with Gasteiger partial charge in [0, 0.05) is 37.4 Å². The molecule has 0 bridgehead atoms.